The van der Waals surface area contributed by atoms with Gasteiger partial charge in [0, 0.05) is 19.5 Å². The van der Waals surface area contributed by atoms with Gasteiger partial charge in [-0.1, -0.05) is 18.2 Å². The molecule has 1 aromatic carbocycles. The molecule has 0 aliphatic rings. The fraction of sp³-hybridized carbons (Fsp3) is 0.286. The molecule has 0 aliphatic heterocycles. The number of nitriles is 1. The molecule has 1 rings (SSSR count). The molecule has 0 atom stereocenters. The van der Waals surface area contributed by atoms with Gasteiger partial charge in [0.2, 0.25) is 15.9 Å². The van der Waals surface area contributed by atoms with E-state index in [4.69, 9.17) is 5.26 Å². The number of carbonyl (C=O) groups excluding carboxylic acids is 1. The maximum absolute atomic E-state index is 11.9. The van der Waals surface area contributed by atoms with Crippen molar-refractivity contribution in [2.75, 3.05) is 23.7 Å². The average molecular weight is 307 g/mol. The summed E-state index contributed by atoms with van der Waals surface area (Å²) in [5.41, 5.74) is 0.522. The van der Waals surface area contributed by atoms with Gasteiger partial charge in [-0.25, -0.2) is 8.42 Å². The van der Waals surface area contributed by atoms with Crippen LogP contribution in [0.3, 0.4) is 0 Å². The lowest BCUT2D eigenvalue weighted by Crippen LogP contribution is -2.35. The smallest absolute Gasteiger partial charge is 0.232 e. The predicted molar refractivity (Wildman–Crippen MR) is 81.2 cm³/mol. The zero-order valence-electron chi connectivity index (χ0n) is 11.7. The van der Waals surface area contributed by atoms with Crippen LogP contribution in [0.25, 0.3) is 0 Å². The summed E-state index contributed by atoms with van der Waals surface area (Å²) < 4.78 is 24.9. The van der Waals surface area contributed by atoms with Crippen LogP contribution in [0, 0.1) is 11.3 Å². The van der Waals surface area contributed by atoms with Crippen molar-refractivity contribution in [3.05, 3.63) is 42.5 Å². The van der Waals surface area contributed by atoms with Crippen LogP contribution in [0.1, 0.15) is 12.0 Å². The Hall–Kier alpha value is -2.33. The fourth-order valence-electron chi connectivity index (χ4n) is 1.73. The van der Waals surface area contributed by atoms with E-state index in [1.165, 1.54) is 12.1 Å². The number of hydrogen-bond acceptors (Lipinski definition) is 4. The molecule has 0 unspecified atom stereocenters. The molecular weight excluding hydrogens is 290 g/mol. The quantitative estimate of drug-likeness (QED) is 0.761. The molecule has 0 saturated carbocycles. The zero-order chi connectivity index (χ0) is 15.9. The van der Waals surface area contributed by atoms with Crippen LogP contribution in [-0.2, 0) is 14.8 Å². The van der Waals surface area contributed by atoms with E-state index < -0.39 is 10.0 Å². The Bertz CT molecular complexity index is 662. The van der Waals surface area contributed by atoms with E-state index in [-0.39, 0.29) is 30.1 Å². The minimum atomic E-state index is -3.58. The van der Waals surface area contributed by atoms with Gasteiger partial charge in [-0.3, -0.25) is 9.10 Å². The molecule has 0 heterocycles. The second kappa shape index (κ2) is 7.45. The lowest BCUT2D eigenvalue weighted by atomic mass is 10.2. The first-order valence-corrected chi connectivity index (χ1v) is 8.09. The highest BCUT2D eigenvalue weighted by Crippen LogP contribution is 2.22. The molecule has 1 amide bonds. The van der Waals surface area contributed by atoms with E-state index in [1.54, 1.807) is 18.2 Å². The number of rotatable bonds is 7. The number of carbonyl (C=O) groups is 1. The summed E-state index contributed by atoms with van der Waals surface area (Å²) in [6, 6.07) is 8.32. The third-order valence-corrected chi connectivity index (χ3v) is 3.86. The number of sulfonamides is 1. The van der Waals surface area contributed by atoms with Gasteiger partial charge in [-0.2, -0.15) is 5.26 Å². The Balaban J connectivity index is 2.96. The zero-order valence-corrected chi connectivity index (χ0v) is 12.6. The number of amides is 1. The Morgan fingerprint density at radius 1 is 1.48 bits per heavy atom. The Morgan fingerprint density at radius 3 is 2.71 bits per heavy atom. The van der Waals surface area contributed by atoms with Crippen LogP contribution in [0.2, 0.25) is 0 Å². The van der Waals surface area contributed by atoms with Gasteiger partial charge in [-0.15, -0.1) is 6.58 Å². The Morgan fingerprint density at radius 2 is 2.14 bits per heavy atom. The highest BCUT2D eigenvalue weighted by molar-refractivity contribution is 7.92. The molecule has 1 aromatic rings. The summed E-state index contributed by atoms with van der Waals surface area (Å²) >= 11 is 0. The molecule has 21 heavy (non-hydrogen) atoms. The highest BCUT2D eigenvalue weighted by atomic mass is 32.2. The first kappa shape index (κ1) is 16.7. The summed E-state index contributed by atoms with van der Waals surface area (Å²) in [6.07, 6.45) is 2.58. The normalized spacial score (nSPS) is 10.5. The van der Waals surface area contributed by atoms with Gasteiger partial charge < -0.3 is 5.32 Å². The van der Waals surface area contributed by atoms with Crippen LogP contribution >= 0.6 is 0 Å². The Labute approximate surface area is 124 Å². The van der Waals surface area contributed by atoms with Gasteiger partial charge in [0.05, 0.1) is 17.5 Å². The van der Waals surface area contributed by atoms with E-state index in [0.29, 0.717) is 6.54 Å². The number of benzene rings is 1. The van der Waals surface area contributed by atoms with Crippen LogP contribution in [0.15, 0.2) is 36.9 Å². The van der Waals surface area contributed by atoms with Crippen LogP contribution in [0.4, 0.5) is 5.69 Å². The van der Waals surface area contributed by atoms with Gasteiger partial charge in [0.1, 0.15) is 6.07 Å². The highest BCUT2D eigenvalue weighted by Gasteiger charge is 2.20. The molecule has 6 nitrogen and oxygen atoms in total. The summed E-state index contributed by atoms with van der Waals surface area (Å²) in [5, 5.41) is 11.6. The average Bonchev–Trinajstić information content (AvgIpc) is 2.44. The number of nitrogens with one attached hydrogen (secondary N) is 1. The van der Waals surface area contributed by atoms with Crippen molar-refractivity contribution >= 4 is 21.6 Å². The number of anilines is 1. The molecule has 1 N–H and O–H groups in total. The van der Waals surface area contributed by atoms with Crippen molar-refractivity contribution in [3.8, 4) is 6.07 Å². The molecule has 0 aliphatic carbocycles. The SMILES string of the molecule is C=CCNC(=O)CCN(c1ccccc1C#N)S(C)(=O)=O. The minimum absolute atomic E-state index is 0.000668. The standard InChI is InChI=1S/C14H17N3O3S/c1-3-9-16-14(18)8-10-17(21(2,19)20)13-7-5-4-6-12(13)11-15/h3-7H,1,8-10H2,2H3,(H,16,18). The predicted octanol–water partition coefficient (Wildman–Crippen LogP) is 1.02. The molecular formula is C14H17N3O3S. The molecule has 112 valence electrons. The number of nitrogens with zero attached hydrogens (tertiary/aromatic N) is 2. The van der Waals surface area contributed by atoms with Crippen molar-refractivity contribution in [1.29, 1.82) is 5.26 Å². The van der Waals surface area contributed by atoms with Gasteiger partial charge in [0.15, 0.2) is 0 Å². The van der Waals surface area contributed by atoms with Crippen molar-refractivity contribution in [1.82, 2.24) is 5.32 Å². The van der Waals surface area contributed by atoms with E-state index >= 15 is 0 Å². The van der Waals surface area contributed by atoms with Crippen molar-refractivity contribution < 1.29 is 13.2 Å². The first-order valence-electron chi connectivity index (χ1n) is 6.24. The molecule has 0 radical (unpaired) electrons. The third kappa shape index (κ3) is 4.93. The van der Waals surface area contributed by atoms with E-state index in [2.05, 4.69) is 11.9 Å². The summed E-state index contributed by atoms with van der Waals surface area (Å²) in [6.45, 7) is 3.78. The van der Waals surface area contributed by atoms with Gasteiger partial charge >= 0.3 is 0 Å². The summed E-state index contributed by atoms with van der Waals surface area (Å²) in [7, 11) is -3.58. The van der Waals surface area contributed by atoms with E-state index in [0.717, 1.165) is 10.6 Å². The number of para-hydroxylation sites is 1. The van der Waals surface area contributed by atoms with Crippen molar-refractivity contribution in [3.63, 3.8) is 0 Å². The molecule has 0 aromatic heterocycles. The summed E-state index contributed by atoms with van der Waals surface area (Å²) in [5.74, 6) is -0.280. The monoisotopic (exact) mass is 307 g/mol. The minimum Gasteiger partial charge on any atom is -0.353 e. The molecule has 7 heteroatoms. The second-order valence-electron chi connectivity index (χ2n) is 4.31. The molecule has 0 fully saturated rings. The lowest BCUT2D eigenvalue weighted by Gasteiger charge is -2.23. The first-order chi connectivity index (χ1) is 9.90. The second-order valence-corrected chi connectivity index (χ2v) is 6.21. The van der Waals surface area contributed by atoms with Gasteiger partial charge in [0.25, 0.3) is 0 Å². The van der Waals surface area contributed by atoms with E-state index in [1.807, 2.05) is 6.07 Å². The number of hydrogen-bond donors (Lipinski definition) is 1. The maximum Gasteiger partial charge on any atom is 0.232 e. The van der Waals surface area contributed by atoms with Crippen LogP contribution < -0.4 is 9.62 Å². The van der Waals surface area contributed by atoms with Gasteiger partial charge in [-0.05, 0) is 12.1 Å². The van der Waals surface area contributed by atoms with Crippen molar-refractivity contribution in [2.24, 2.45) is 0 Å². The third-order valence-electron chi connectivity index (χ3n) is 2.68. The van der Waals surface area contributed by atoms with Crippen LogP contribution in [-0.4, -0.2) is 33.7 Å². The largest absolute Gasteiger partial charge is 0.353 e. The molecule has 0 saturated heterocycles. The van der Waals surface area contributed by atoms with E-state index in [9.17, 15) is 13.2 Å². The lowest BCUT2D eigenvalue weighted by molar-refractivity contribution is -0.120. The topological polar surface area (TPSA) is 90.3 Å². The molecule has 0 spiro atoms. The maximum atomic E-state index is 11.9. The molecule has 0 bridgehead atoms. The van der Waals surface area contributed by atoms with Crippen LogP contribution in [0.5, 0.6) is 0 Å². The van der Waals surface area contributed by atoms with Crippen molar-refractivity contribution in [2.45, 2.75) is 6.42 Å². The summed E-state index contributed by atoms with van der Waals surface area (Å²) in [4.78, 5) is 11.6. The Kier molecular flexibility index (Phi) is 5.93. The fourth-order valence-corrected chi connectivity index (χ4v) is 2.67.